The van der Waals surface area contributed by atoms with E-state index in [4.69, 9.17) is 0 Å². The summed E-state index contributed by atoms with van der Waals surface area (Å²) < 4.78 is 1.70. The van der Waals surface area contributed by atoms with Crippen LogP contribution in [0.3, 0.4) is 0 Å². The zero-order valence-electron chi connectivity index (χ0n) is 18.5. The summed E-state index contributed by atoms with van der Waals surface area (Å²) >= 11 is 0. The number of aromatic nitrogens is 1. The first-order valence-electron chi connectivity index (χ1n) is 11.7. The second-order valence-corrected chi connectivity index (χ2v) is 9.41. The highest BCUT2D eigenvalue weighted by Gasteiger charge is 2.27. The lowest BCUT2D eigenvalue weighted by molar-refractivity contribution is -0.122. The molecule has 4 rings (SSSR count). The molecule has 0 radical (unpaired) electrons. The zero-order valence-corrected chi connectivity index (χ0v) is 18.5. The Kier molecular flexibility index (Phi) is 7.07. The van der Waals surface area contributed by atoms with Crippen molar-refractivity contribution in [1.29, 1.82) is 0 Å². The van der Waals surface area contributed by atoms with E-state index in [0.29, 0.717) is 25.0 Å². The van der Waals surface area contributed by atoms with Gasteiger partial charge in [0, 0.05) is 37.9 Å². The van der Waals surface area contributed by atoms with E-state index in [9.17, 15) is 14.4 Å². The molecule has 0 bridgehead atoms. The maximum atomic E-state index is 13.0. The van der Waals surface area contributed by atoms with E-state index in [1.807, 2.05) is 19.2 Å². The maximum Gasteiger partial charge on any atom is 0.263 e. The first-order valence-corrected chi connectivity index (χ1v) is 11.7. The van der Waals surface area contributed by atoms with Gasteiger partial charge >= 0.3 is 0 Å². The summed E-state index contributed by atoms with van der Waals surface area (Å²) in [6.45, 7) is 6.40. The molecule has 1 aromatic heterocycles. The summed E-state index contributed by atoms with van der Waals surface area (Å²) in [6, 6.07) is 2.29. The fraction of sp³-hybridized carbons (Fsp3) is 0.696. The molecule has 1 aliphatic carbocycles. The summed E-state index contributed by atoms with van der Waals surface area (Å²) in [5, 5.41) is 9.47. The Hall–Kier alpha value is -2.19. The number of carbonyl (C=O) groups excluding carboxylic acids is 2. The minimum atomic E-state index is -0.274. The minimum absolute atomic E-state index is 0.0326. The standard InChI is InChI=1S/C23H35N5O3/c1-16-6-12-28(14-17-3-2-9-24-13-17)23(31)21(16)22(30)26-19-7-10-27(11-8-19)15-20(29)25-18-4-5-18/h6,12,17-19,24H,2-5,7-11,13-15H2,1H3,(H,25,29)(H,26,30). The monoisotopic (exact) mass is 429 g/mol. The van der Waals surface area contributed by atoms with E-state index in [1.165, 1.54) is 0 Å². The third kappa shape index (κ3) is 5.95. The predicted molar refractivity (Wildman–Crippen MR) is 119 cm³/mol. The Bertz CT molecular complexity index is 849. The molecule has 2 saturated heterocycles. The summed E-state index contributed by atoms with van der Waals surface area (Å²) in [7, 11) is 0. The van der Waals surface area contributed by atoms with Gasteiger partial charge in [-0.25, -0.2) is 0 Å². The van der Waals surface area contributed by atoms with Crippen LogP contribution in [0.1, 0.15) is 54.4 Å². The number of carbonyl (C=O) groups is 2. The van der Waals surface area contributed by atoms with Crippen LogP contribution >= 0.6 is 0 Å². The molecule has 3 fully saturated rings. The number of nitrogens with one attached hydrogen (secondary N) is 3. The van der Waals surface area contributed by atoms with Crippen molar-refractivity contribution in [3.8, 4) is 0 Å². The average molecular weight is 430 g/mol. The highest BCUT2D eigenvalue weighted by atomic mass is 16.2. The Balaban J connectivity index is 1.31. The fourth-order valence-electron chi connectivity index (χ4n) is 4.64. The number of hydrogen-bond acceptors (Lipinski definition) is 5. The number of piperidine rings is 2. The van der Waals surface area contributed by atoms with Crippen LogP contribution in [0.25, 0.3) is 0 Å². The molecule has 3 aliphatic rings. The van der Waals surface area contributed by atoms with E-state index in [-0.39, 0.29) is 29.0 Å². The van der Waals surface area contributed by atoms with Gasteiger partial charge in [-0.3, -0.25) is 19.3 Å². The first kappa shape index (κ1) is 22.0. The number of rotatable bonds is 7. The van der Waals surface area contributed by atoms with Gasteiger partial charge in [-0.15, -0.1) is 0 Å². The largest absolute Gasteiger partial charge is 0.352 e. The van der Waals surface area contributed by atoms with Gasteiger partial charge in [0.1, 0.15) is 5.56 Å². The van der Waals surface area contributed by atoms with Crippen molar-refractivity contribution >= 4 is 11.8 Å². The van der Waals surface area contributed by atoms with Crippen LogP contribution in [0.4, 0.5) is 0 Å². The molecular formula is C23H35N5O3. The number of hydrogen-bond donors (Lipinski definition) is 3. The first-order chi connectivity index (χ1) is 15.0. The summed E-state index contributed by atoms with van der Waals surface area (Å²) in [6.07, 6.45) is 7.81. The van der Waals surface area contributed by atoms with Crippen LogP contribution in [0.15, 0.2) is 17.1 Å². The van der Waals surface area contributed by atoms with Crippen molar-refractivity contribution in [2.75, 3.05) is 32.7 Å². The van der Waals surface area contributed by atoms with Crippen LogP contribution in [-0.4, -0.2) is 66.1 Å². The lowest BCUT2D eigenvalue weighted by atomic mass is 9.99. The zero-order chi connectivity index (χ0) is 21.8. The molecule has 3 heterocycles. The lowest BCUT2D eigenvalue weighted by Gasteiger charge is -2.32. The fourth-order valence-corrected chi connectivity index (χ4v) is 4.64. The lowest BCUT2D eigenvalue weighted by Crippen LogP contribution is -2.48. The third-order valence-electron chi connectivity index (χ3n) is 6.69. The Morgan fingerprint density at radius 2 is 1.84 bits per heavy atom. The molecule has 2 aliphatic heterocycles. The molecule has 1 atom stereocenters. The molecule has 8 nitrogen and oxygen atoms in total. The van der Waals surface area contributed by atoms with Crippen LogP contribution in [0.5, 0.6) is 0 Å². The molecule has 8 heteroatoms. The molecule has 1 unspecified atom stereocenters. The van der Waals surface area contributed by atoms with Crippen molar-refractivity contribution in [2.24, 2.45) is 5.92 Å². The number of amides is 2. The average Bonchev–Trinajstić information content (AvgIpc) is 3.56. The van der Waals surface area contributed by atoms with Crippen molar-refractivity contribution in [3.63, 3.8) is 0 Å². The molecule has 31 heavy (non-hydrogen) atoms. The molecule has 1 aromatic rings. The molecule has 2 amide bonds. The Morgan fingerprint density at radius 1 is 1.10 bits per heavy atom. The number of aryl methyl sites for hydroxylation is 1. The van der Waals surface area contributed by atoms with E-state index >= 15 is 0 Å². The van der Waals surface area contributed by atoms with Gasteiger partial charge in [-0.1, -0.05) is 0 Å². The predicted octanol–water partition coefficient (Wildman–Crippen LogP) is 0.629. The van der Waals surface area contributed by atoms with Crippen LogP contribution < -0.4 is 21.5 Å². The maximum absolute atomic E-state index is 13.0. The summed E-state index contributed by atoms with van der Waals surface area (Å²) in [5.74, 6) is 0.244. The number of nitrogens with zero attached hydrogens (tertiary/aromatic N) is 2. The Morgan fingerprint density at radius 3 is 2.52 bits per heavy atom. The second kappa shape index (κ2) is 9.96. The SMILES string of the molecule is Cc1ccn(CC2CCCNC2)c(=O)c1C(=O)NC1CCN(CC(=O)NC2CC2)CC1. The van der Waals surface area contributed by atoms with Crippen LogP contribution in [0, 0.1) is 12.8 Å². The highest BCUT2D eigenvalue weighted by Crippen LogP contribution is 2.19. The molecule has 170 valence electrons. The summed E-state index contributed by atoms with van der Waals surface area (Å²) in [4.78, 5) is 40.1. The topological polar surface area (TPSA) is 95.5 Å². The van der Waals surface area contributed by atoms with E-state index < -0.39 is 0 Å². The minimum Gasteiger partial charge on any atom is -0.352 e. The van der Waals surface area contributed by atoms with Crippen LogP contribution in [-0.2, 0) is 11.3 Å². The quantitative estimate of drug-likeness (QED) is 0.591. The number of pyridine rings is 1. The van der Waals surface area contributed by atoms with E-state index in [2.05, 4.69) is 20.9 Å². The molecule has 0 spiro atoms. The molecule has 3 N–H and O–H groups in total. The van der Waals surface area contributed by atoms with Gasteiger partial charge < -0.3 is 20.5 Å². The van der Waals surface area contributed by atoms with Crippen molar-refractivity contribution in [1.82, 2.24) is 25.4 Å². The second-order valence-electron chi connectivity index (χ2n) is 9.41. The normalized spacial score (nSPS) is 22.8. The number of likely N-dealkylation sites (tertiary alicyclic amines) is 1. The van der Waals surface area contributed by atoms with Gasteiger partial charge in [0.25, 0.3) is 11.5 Å². The van der Waals surface area contributed by atoms with E-state index in [0.717, 1.165) is 70.3 Å². The molecule has 0 aromatic carbocycles. The van der Waals surface area contributed by atoms with Crippen LogP contribution in [0.2, 0.25) is 0 Å². The van der Waals surface area contributed by atoms with Crippen molar-refractivity contribution in [2.45, 2.75) is 64.1 Å². The van der Waals surface area contributed by atoms with Gasteiger partial charge in [-0.05, 0) is 76.1 Å². The van der Waals surface area contributed by atoms with Gasteiger partial charge in [-0.2, -0.15) is 0 Å². The third-order valence-corrected chi connectivity index (χ3v) is 6.69. The summed E-state index contributed by atoms with van der Waals surface area (Å²) in [5.41, 5.74) is 0.782. The van der Waals surface area contributed by atoms with Gasteiger partial charge in [0.2, 0.25) is 5.91 Å². The van der Waals surface area contributed by atoms with Crippen molar-refractivity contribution < 1.29 is 9.59 Å². The van der Waals surface area contributed by atoms with Crippen molar-refractivity contribution in [3.05, 3.63) is 33.7 Å². The Labute approximate surface area is 183 Å². The smallest absolute Gasteiger partial charge is 0.263 e. The molecule has 1 saturated carbocycles. The molecular weight excluding hydrogens is 394 g/mol. The van der Waals surface area contributed by atoms with Gasteiger partial charge in [0.15, 0.2) is 0 Å². The highest BCUT2D eigenvalue weighted by molar-refractivity contribution is 5.95. The van der Waals surface area contributed by atoms with Gasteiger partial charge in [0.05, 0.1) is 6.54 Å². The van der Waals surface area contributed by atoms with E-state index in [1.54, 1.807) is 4.57 Å².